The molecule has 0 spiro atoms. The zero-order valence-corrected chi connectivity index (χ0v) is 21.5. The van der Waals surface area contributed by atoms with Crippen LogP contribution in [0.25, 0.3) is 10.9 Å². The molecule has 2 aromatic carbocycles. The maximum atomic E-state index is 13.8. The lowest BCUT2D eigenvalue weighted by molar-refractivity contribution is 0.260. The molecule has 1 aromatic heterocycles. The molecule has 1 unspecified atom stereocenters. The molecule has 11 heteroatoms. The van der Waals surface area contributed by atoms with Crippen molar-refractivity contribution in [3.05, 3.63) is 76.5 Å². The fourth-order valence-corrected chi connectivity index (χ4v) is 4.38. The van der Waals surface area contributed by atoms with E-state index < -0.39 is 5.44 Å². The van der Waals surface area contributed by atoms with E-state index >= 15 is 0 Å². The van der Waals surface area contributed by atoms with E-state index in [1.807, 2.05) is 38.0 Å². The molecular weight excluding hydrogens is 490 g/mol. The highest BCUT2D eigenvalue weighted by molar-refractivity contribution is 6.36. The van der Waals surface area contributed by atoms with E-state index in [1.165, 1.54) is 18.3 Å². The summed E-state index contributed by atoms with van der Waals surface area (Å²) in [4.78, 5) is 4.41. The summed E-state index contributed by atoms with van der Waals surface area (Å²) in [6.45, 7) is 6.01. The van der Waals surface area contributed by atoms with Crippen LogP contribution >= 0.6 is 11.6 Å². The number of nitriles is 1. The lowest BCUT2D eigenvalue weighted by atomic mass is 9.69. The molecule has 1 aliphatic carbocycles. The molecule has 37 heavy (non-hydrogen) atoms. The number of hydrogen-bond acceptors (Lipinski definition) is 8. The van der Waals surface area contributed by atoms with E-state index in [4.69, 9.17) is 19.4 Å². The quantitative estimate of drug-likeness (QED) is 0.233. The van der Waals surface area contributed by atoms with Gasteiger partial charge in [0.05, 0.1) is 32.9 Å². The van der Waals surface area contributed by atoms with Crippen molar-refractivity contribution in [3.63, 3.8) is 0 Å². The van der Waals surface area contributed by atoms with Gasteiger partial charge in [0.25, 0.3) is 0 Å². The Morgan fingerprint density at radius 1 is 1.22 bits per heavy atom. The summed E-state index contributed by atoms with van der Waals surface area (Å²) < 4.78 is 13.8. The van der Waals surface area contributed by atoms with E-state index in [1.54, 1.807) is 18.2 Å². The average molecular weight is 517 g/mol. The third kappa shape index (κ3) is 5.16. The fourth-order valence-electron chi connectivity index (χ4n) is 4.11. The number of rotatable bonds is 7. The largest absolute Gasteiger partial charge is 0.378 e. The number of halogens is 2. The van der Waals surface area contributed by atoms with Gasteiger partial charge in [-0.15, -0.1) is 5.53 Å². The highest BCUT2D eigenvalue weighted by atomic mass is 35.5. The highest BCUT2D eigenvalue weighted by Crippen LogP contribution is 2.38. The van der Waals surface area contributed by atoms with Crippen molar-refractivity contribution in [2.75, 3.05) is 10.7 Å². The molecule has 1 saturated carbocycles. The summed E-state index contributed by atoms with van der Waals surface area (Å²) in [5.74, 6) is -0.358. The molecule has 2 heterocycles. The summed E-state index contributed by atoms with van der Waals surface area (Å²) in [5.41, 5.74) is 14.5. The second-order valence-corrected chi connectivity index (χ2v) is 10.8. The Kier molecular flexibility index (Phi) is 6.40. The smallest absolute Gasteiger partial charge is 0.123 e. The molecule has 2 aliphatic rings. The van der Waals surface area contributed by atoms with Gasteiger partial charge >= 0.3 is 0 Å². The molecule has 1 atom stereocenters. The van der Waals surface area contributed by atoms with E-state index in [-0.39, 0.29) is 11.4 Å². The van der Waals surface area contributed by atoms with Crippen molar-refractivity contribution in [2.45, 2.75) is 50.6 Å². The zero-order chi connectivity index (χ0) is 26.4. The third-order valence-corrected chi connectivity index (χ3v) is 6.49. The first kappa shape index (κ1) is 25.1. The van der Waals surface area contributed by atoms with Gasteiger partial charge in [-0.25, -0.2) is 9.82 Å². The summed E-state index contributed by atoms with van der Waals surface area (Å²) in [7, 11) is 7.02. The summed E-state index contributed by atoms with van der Waals surface area (Å²) in [6, 6.07) is 12.2. The number of hydrogen-bond donors (Lipinski definition) is 5. The maximum Gasteiger partial charge on any atom is 0.123 e. The first-order chi connectivity index (χ1) is 17.6. The van der Waals surface area contributed by atoms with Gasteiger partial charge in [-0.1, -0.05) is 23.7 Å². The van der Waals surface area contributed by atoms with Gasteiger partial charge in [0, 0.05) is 35.1 Å². The van der Waals surface area contributed by atoms with Crippen molar-refractivity contribution >= 4 is 41.7 Å². The molecular formula is C26H27BClFN8. The van der Waals surface area contributed by atoms with Crippen molar-refractivity contribution < 1.29 is 4.39 Å². The van der Waals surface area contributed by atoms with Gasteiger partial charge in [-0.3, -0.25) is 9.99 Å². The minimum atomic E-state index is -1.27. The number of pyridine rings is 1. The molecule has 188 valence electrons. The Morgan fingerprint density at radius 3 is 2.59 bits per heavy atom. The lowest BCUT2D eigenvalue weighted by Crippen LogP contribution is -2.45. The van der Waals surface area contributed by atoms with Crippen LogP contribution in [0.3, 0.4) is 0 Å². The van der Waals surface area contributed by atoms with Crippen LogP contribution in [-0.4, -0.2) is 29.4 Å². The molecule has 5 N–H and O–H groups in total. The van der Waals surface area contributed by atoms with Crippen LogP contribution in [-0.2, 0) is 5.44 Å². The molecule has 0 bridgehead atoms. The third-order valence-electron chi connectivity index (χ3n) is 6.20. The van der Waals surface area contributed by atoms with Crippen LogP contribution in [0.2, 0.25) is 5.02 Å². The summed E-state index contributed by atoms with van der Waals surface area (Å²) >= 11 is 6.67. The van der Waals surface area contributed by atoms with E-state index in [9.17, 15) is 9.65 Å². The predicted octanol–water partition coefficient (Wildman–Crippen LogP) is 4.38. The monoisotopic (exact) mass is 516 g/mol. The molecule has 8 nitrogen and oxygen atoms in total. The van der Waals surface area contributed by atoms with Gasteiger partial charge in [0.2, 0.25) is 0 Å². The summed E-state index contributed by atoms with van der Waals surface area (Å²) in [6.07, 6.45) is 5.59. The second-order valence-electron chi connectivity index (χ2n) is 10.4. The standard InChI is InChI=1S/C26H27BClFN8/c1-25(2,3)35-34-23-15(12-30)13-31-24-20(23)10-18(11-21(24)28)32-26(27,16-4-6-17(29)7-5-16)22-14-37(36-33-22)19-8-9-19/h4-7,10-11,13-14,19,32-33,35-36H,8-9H2,1-3H3,(H,31,34). The Morgan fingerprint density at radius 2 is 1.95 bits per heavy atom. The van der Waals surface area contributed by atoms with Crippen LogP contribution in [0.5, 0.6) is 0 Å². The predicted molar refractivity (Wildman–Crippen MR) is 145 cm³/mol. The van der Waals surface area contributed by atoms with Crippen molar-refractivity contribution in [1.29, 1.82) is 5.26 Å². The Bertz CT molecular complexity index is 1410. The van der Waals surface area contributed by atoms with Crippen LogP contribution in [0, 0.1) is 17.1 Å². The van der Waals surface area contributed by atoms with E-state index in [2.05, 4.69) is 38.2 Å². The van der Waals surface area contributed by atoms with Gasteiger partial charge in [0.15, 0.2) is 0 Å². The van der Waals surface area contributed by atoms with Crippen LogP contribution in [0.1, 0.15) is 44.7 Å². The van der Waals surface area contributed by atoms with Gasteiger partial charge in [-0.2, -0.15) is 5.26 Å². The lowest BCUT2D eigenvalue weighted by Gasteiger charge is -2.34. The van der Waals surface area contributed by atoms with Crippen molar-refractivity contribution in [1.82, 2.24) is 26.4 Å². The molecule has 1 aliphatic heterocycles. The molecule has 0 saturated heterocycles. The van der Waals surface area contributed by atoms with Crippen LogP contribution < -0.4 is 27.1 Å². The SMILES string of the molecule is [B]C(Nc1cc(Cl)c2ncc(C#N)c(NNC(C)(C)C)c2c1)(C1=CN(C2CC2)NN1)c1ccc(F)cc1. The number of aromatic nitrogens is 1. The minimum Gasteiger partial charge on any atom is -0.378 e. The Labute approximate surface area is 221 Å². The topological polar surface area (TPSA) is 100 Å². The number of nitrogens with zero attached hydrogens (tertiary/aromatic N) is 3. The first-order valence-corrected chi connectivity index (χ1v) is 12.4. The zero-order valence-electron chi connectivity index (χ0n) is 20.8. The van der Waals surface area contributed by atoms with Gasteiger partial charge in [0.1, 0.15) is 19.7 Å². The number of anilines is 2. The van der Waals surface area contributed by atoms with E-state index in [0.29, 0.717) is 50.2 Å². The molecule has 3 aromatic rings. The van der Waals surface area contributed by atoms with Crippen LogP contribution in [0.15, 0.2) is 54.5 Å². The van der Waals surface area contributed by atoms with E-state index in [0.717, 1.165) is 12.8 Å². The first-order valence-electron chi connectivity index (χ1n) is 12.0. The van der Waals surface area contributed by atoms with Crippen molar-refractivity contribution in [3.8, 4) is 6.07 Å². The molecule has 5 rings (SSSR count). The highest BCUT2D eigenvalue weighted by Gasteiger charge is 2.37. The summed E-state index contributed by atoms with van der Waals surface area (Å²) in [5, 5.41) is 16.1. The fraction of sp³-hybridized carbons (Fsp3) is 0.308. The Hall–Kier alpha value is -3.52. The molecule has 0 amide bonds. The van der Waals surface area contributed by atoms with Gasteiger partial charge in [-0.05, 0) is 63.4 Å². The van der Waals surface area contributed by atoms with Crippen molar-refractivity contribution in [2.24, 2.45) is 0 Å². The van der Waals surface area contributed by atoms with Gasteiger partial charge < -0.3 is 16.2 Å². The number of hydrazine groups is 3. The molecule has 2 radical (unpaired) electrons. The maximum absolute atomic E-state index is 13.8. The number of nitrogens with one attached hydrogen (secondary N) is 5. The second kappa shape index (κ2) is 9.41. The average Bonchev–Trinajstić information content (AvgIpc) is 3.58. The number of benzene rings is 2. The van der Waals surface area contributed by atoms with Crippen LogP contribution in [0.4, 0.5) is 15.8 Å². The Balaban J connectivity index is 1.60. The number of fused-ring (bicyclic) bond motifs is 1. The minimum absolute atomic E-state index is 0.266. The molecule has 1 fully saturated rings. The normalized spacial score (nSPS) is 17.1.